The molecule has 1 aliphatic rings. The molecular formula is C14H21NOS2. The molecule has 4 heteroatoms. The maximum atomic E-state index is 5.32. The molecule has 3 unspecified atom stereocenters. The van der Waals surface area contributed by atoms with Crippen molar-refractivity contribution in [3.63, 3.8) is 0 Å². The number of benzene rings is 1. The molecule has 1 heterocycles. The summed E-state index contributed by atoms with van der Waals surface area (Å²) in [5.74, 6) is 3.47. The van der Waals surface area contributed by atoms with E-state index in [4.69, 9.17) is 4.74 Å². The van der Waals surface area contributed by atoms with Gasteiger partial charge in [0.2, 0.25) is 0 Å². The second-order valence-electron chi connectivity index (χ2n) is 4.45. The fraction of sp³-hybridized carbons (Fsp3) is 0.571. The molecule has 100 valence electrons. The van der Waals surface area contributed by atoms with Gasteiger partial charge in [-0.05, 0) is 24.7 Å². The van der Waals surface area contributed by atoms with Crippen molar-refractivity contribution in [3.8, 4) is 5.75 Å². The Hall–Kier alpha value is -0.320. The van der Waals surface area contributed by atoms with Gasteiger partial charge in [0.1, 0.15) is 5.75 Å². The van der Waals surface area contributed by atoms with E-state index >= 15 is 0 Å². The van der Waals surface area contributed by atoms with E-state index in [0.717, 1.165) is 5.75 Å². The Kier molecular flexibility index (Phi) is 5.27. The van der Waals surface area contributed by atoms with Crippen LogP contribution in [0.5, 0.6) is 5.75 Å². The van der Waals surface area contributed by atoms with Crippen molar-refractivity contribution in [2.45, 2.75) is 23.5 Å². The quantitative estimate of drug-likeness (QED) is 0.916. The van der Waals surface area contributed by atoms with E-state index in [0.29, 0.717) is 16.5 Å². The zero-order valence-electron chi connectivity index (χ0n) is 11.2. The molecule has 1 N–H and O–H groups in total. The fourth-order valence-electron chi connectivity index (χ4n) is 2.37. The normalized spacial score (nSPS) is 25.7. The molecule has 0 aliphatic carbocycles. The third kappa shape index (κ3) is 3.16. The predicted molar refractivity (Wildman–Crippen MR) is 83.0 cm³/mol. The van der Waals surface area contributed by atoms with Crippen LogP contribution in [0.2, 0.25) is 0 Å². The van der Waals surface area contributed by atoms with E-state index in [9.17, 15) is 0 Å². The lowest BCUT2D eigenvalue weighted by atomic mass is 10.0. The summed E-state index contributed by atoms with van der Waals surface area (Å²) in [4.78, 5) is 0. The Morgan fingerprint density at radius 1 is 1.33 bits per heavy atom. The van der Waals surface area contributed by atoms with Gasteiger partial charge in [-0.15, -0.1) is 0 Å². The number of methoxy groups -OCH3 is 1. The van der Waals surface area contributed by atoms with Gasteiger partial charge in [-0.25, -0.2) is 0 Å². The van der Waals surface area contributed by atoms with E-state index in [-0.39, 0.29) is 0 Å². The van der Waals surface area contributed by atoms with Crippen LogP contribution in [-0.2, 0) is 0 Å². The van der Waals surface area contributed by atoms with E-state index < -0.39 is 0 Å². The third-order valence-corrected chi connectivity index (χ3v) is 6.52. The van der Waals surface area contributed by atoms with Crippen LogP contribution in [0.3, 0.4) is 0 Å². The minimum Gasteiger partial charge on any atom is -0.497 e. The van der Waals surface area contributed by atoms with E-state index in [1.54, 1.807) is 7.11 Å². The maximum absolute atomic E-state index is 5.32. The Balaban J connectivity index is 2.20. The van der Waals surface area contributed by atoms with E-state index in [2.05, 4.69) is 61.0 Å². The third-order valence-electron chi connectivity index (χ3n) is 3.33. The van der Waals surface area contributed by atoms with Crippen LogP contribution in [0.15, 0.2) is 24.3 Å². The molecule has 1 aromatic carbocycles. The number of ether oxygens (including phenoxy) is 1. The SMILES string of the molecule is CNC(c1cccc(OC)c1)C1SCCSC1C. The molecule has 3 atom stereocenters. The molecule has 0 amide bonds. The standard InChI is InChI=1S/C14H21NOS2/c1-10-14(18-8-7-17-10)13(15-2)11-5-4-6-12(9-11)16-3/h4-6,9-10,13-15H,7-8H2,1-3H3. The lowest BCUT2D eigenvalue weighted by Crippen LogP contribution is -2.36. The van der Waals surface area contributed by atoms with Crippen molar-refractivity contribution in [2.75, 3.05) is 25.7 Å². The lowest BCUT2D eigenvalue weighted by molar-refractivity contribution is 0.413. The number of hydrogen-bond acceptors (Lipinski definition) is 4. The van der Waals surface area contributed by atoms with Gasteiger partial charge in [-0.3, -0.25) is 0 Å². The Morgan fingerprint density at radius 3 is 2.78 bits per heavy atom. The summed E-state index contributed by atoms with van der Waals surface area (Å²) in [6.45, 7) is 2.34. The van der Waals surface area contributed by atoms with Gasteiger partial charge in [0.05, 0.1) is 7.11 Å². The predicted octanol–water partition coefficient (Wildman–Crippen LogP) is 3.19. The van der Waals surface area contributed by atoms with Crippen LogP contribution < -0.4 is 10.1 Å². The summed E-state index contributed by atoms with van der Waals surface area (Å²) >= 11 is 4.17. The molecule has 1 aromatic rings. The van der Waals surface area contributed by atoms with Crippen LogP contribution >= 0.6 is 23.5 Å². The van der Waals surface area contributed by atoms with Gasteiger partial charge in [0, 0.05) is 28.0 Å². The second kappa shape index (κ2) is 6.73. The van der Waals surface area contributed by atoms with Gasteiger partial charge in [-0.1, -0.05) is 19.1 Å². The Labute approximate surface area is 118 Å². The van der Waals surface area contributed by atoms with E-state index in [1.807, 2.05) is 6.07 Å². The van der Waals surface area contributed by atoms with Crippen molar-refractivity contribution in [1.82, 2.24) is 5.32 Å². The second-order valence-corrected chi connectivity index (χ2v) is 7.23. The highest BCUT2D eigenvalue weighted by atomic mass is 32.2. The van der Waals surface area contributed by atoms with Crippen LogP contribution in [-0.4, -0.2) is 36.2 Å². The topological polar surface area (TPSA) is 21.3 Å². The molecule has 0 bridgehead atoms. The van der Waals surface area contributed by atoms with Crippen molar-refractivity contribution in [1.29, 1.82) is 0 Å². The zero-order valence-corrected chi connectivity index (χ0v) is 12.8. The van der Waals surface area contributed by atoms with E-state index in [1.165, 1.54) is 17.1 Å². The average molecular weight is 283 g/mol. The average Bonchev–Trinajstić information content (AvgIpc) is 2.42. The van der Waals surface area contributed by atoms with Crippen LogP contribution in [0.4, 0.5) is 0 Å². The highest BCUT2D eigenvalue weighted by Crippen LogP contribution is 2.38. The minimum atomic E-state index is 0.396. The molecule has 0 saturated carbocycles. The van der Waals surface area contributed by atoms with Crippen molar-refractivity contribution >= 4 is 23.5 Å². The highest BCUT2D eigenvalue weighted by Gasteiger charge is 2.30. The summed E-state index contributed by atoms with van der Waals surface area (Å²) in [5.41, 5.74) is 1.32. The van der Waals surface area contributed by atoms with Crippen LogP contribution in [0.1, 0.15) is 18.5 Å². The summed E-state index contributed by atoms with van der Waals surface area (Å²) in [6, 6.07) is 8.81. The number of rotatable bonds is 4. The highest BCUT2D eigenvalue weighted by molar-refractivity contribution is 8.07. The fourth-order valence-corrected chi connectivity index (χ4v) is 5.36. The first-order valence-electron chi connectivity index (χ1n) is 6.30. The van der Waals surface area contributed by atoms with Crippen molar-refractivity contribution < 1.29 is 4.74 Å². The van der Waals surface area contributed by atoms with Crippen molar-refractivity contribution in [2.24, 2.45) is 0 Å². The molecule has 1 saturated heterocycles. The van der Waals surface area contributed by atoms with Gasteiger partial charge in [0.25, 0.3) is 0 Å². The molecular weight excluding hydrogens is 262 g/mol. The maximum Gasteiger partial charge on any atom is 0.119 e. The Bertz CT molecular complexity index is 386. The van der Waals surface area contributed by atoms with Crippen molar-refractivity contribution in [3.05, 3.63) is 29.8 Å². The Morgan fingerprint density at radius 2 is 2.11 bits per heavy atom. The van der Waals surface area contributed by atoms with Crippen LogP contribution in [0.25, 0.3) is 0 Å². The molecule has 1 fully saturated rings. The molecule has 1 aliphatic heterocycles. The number of hydrogen-bond donors (Lipinski definition) is 1. The molecule has 18 heavy (non-hydrogen) atoms. The zero-order chi connectivity index (χ0) is 13.0. The smallest absolute Gasteiger partial charge is 0.119 e. The number of nitrogens with one attached hydrogen (secondary N) is 1. The monoisotopic (exact) mass is 283 g/mol. The van der Waals surface area contributed by atoms with Gasteiger partial charge < -0.3 is 10.1 Å². The molecule has 0 aromatic heterocycles. The van der Waals surface area contributed by atoms with Gasteiger partial charge >= 0.3 is 0 Å². The van der Waals surface area contributed by atoms with Gasteiger partial charge in [0.15, 0.2) is 0 Å². The molecule has 2 rings (SSSR count). The largest absolute Gasteiger partial charge is 0.497 e. The lowest BCUT2D eigenvalue weighted by Gasteiger charge is -2.34. The summed E-state index contributed by atoms with van der Waals surface area (Å²) < 4.78 is 5.32. The summed E-state index contributed by atoms with van der Waals surface area (Å²) in [7, 11) is 3.78. The molecule has 0 spiro atoms. The molecule has 0 radical (unpaired) electrons. The first-order valence-corrected chi connectivity index (χ1v) is 8.40. The first-order chi connectivity index (χ1) is 8.76. The van der Waals surface area contributed by atoms with Gasteiger partial charge in [-0.2, -0.15) is 23.5 Å². The molecule has 2 nitrogen and oxygen atoms in total. The summed E-state index contributed by atoms with van der Waals surface area (Å²) in [6.07, 6.45) is 0. The minimum absolute atomic E-state index is 0.396. The van der Waals surface area contributed by atoms with Crippen LogP contribution in [0, 0.1) is 0 Å². The first kappa shape index (κ1) is 14.1. The number of thioether (sulfide) groups is 2. The summed E-state index contributed by atoms with van der Waals surface area (Å²) in [5, 5.41) is 4.79.